The highest BCUT2D eigenvalue weighted by atomic mass is 32.1. The predicted molar refractivity (Wildman–Crippen MR) is 154 cm³/mol. The van der Waals surface area contributed by atoms with Gasteiger partial charge >= 0.3 is 5.97 Å². The third-order valence-corrected chi connectivity index (χ3v) is 8.05. The molecule has 2 aromatic carbocycles. The molecule has 1 aliphatic carbocycles. The Morgan fingerprint density at radius 1 is 1.12 bits per heavy atom. The van der Waals surface area contributed by atoms with E-state index in [-0.39, 0.29) is 23.8 Å². The first kappa shape index (κ1) is 27.6. The van der Waals surface area contributed by atoms with Crippen molar-refractivity contribution in [2.24, 2.45) is 4.99 Å². The Morgan fingerprint density at radius 2 is 1.93 bits per heavy atom. The number of hydrogen-bond donors (Lipinski definition) is 0. The SMILES string of the molecule is CCOC(=O)C1=C(C)N=c2s/c(=C\C3=c4ccccc4=CCC3OC)c(=O)n2C1c1cccc(OC)c1OCC. The molecule has 0 fully saturated rings. The Balaban J connectivity index is 1.82. The number of allylic oxidation sites excluding steroid dienone is 1. The molecule has 8 nitrogen and oxygen atoms in total. The number of benzene rings is 2. The number of para-hydroxylation sites is 1. The van der Waals surface area contributed by atoms with Crippen LogP contribution in [0.15, 0.2) is 63.5 Å². The second-order valence-corrected chi connectivity index (χ2v) is 10.3. The van der Waals surface area contributed by atoms with Crippen LogP contribution in [0.5, 0.6) is 11.5 Å². The summed E-state index contributed by atoms with van der Waals surface area (Å²) in [5.74, 6) is 0.445. The van der Waals surface area contributed by atoms with Gasteiger partial charge in [0.2, 0.25) is 0 Å². The number of thiazole rings is 1. The minimum absolute atomic E-state index is 0.191. The Bertz CT molecular complexity index is 1800. The molecule has 0 N–H and O–H groups in total. The number of esters is 1. The third kappa shape index (κ3) is 4.80. The van der Waals surface area contributed by atoms with Crippen molar-refractivity contribution in [1.82, 2.24) is 4.57 Å². The van der Waals surface area contributed by atoms with Gasteiger partial charge in [-0.25, -0.2) is 9.79 Å². The van der Waals surface area contributed by atoms with Crippen molar-refractivity contribution in [1.29, 1.82) is 0 Å². The highest BCUT2D eigenvalue weighted by Gasteiger charge is 2.36. The summed E-state index contributed by atoms with van der Waals surface area (Å²) in [6, 6.07) is 12.7. The Hall–Kier alpha value is -3.95. The summed E-state index contributed by atoms with van der Waals surface area (Å²) < 4.78 is 24.9. The highest BCUT2D eigenvalue weighted by Crippen LogP contribution is 2.40. The molecule has 2 heterocycles. The summed E-state index contributed by atoms with van der Waals surface area (Å²) in [6.07, 6.45) is 4.56. The monoisotopic (exact) mass is 560 g/mol. The van der Waals surface area contributed by atoms with Crippen LogP contribution in [0.1, 0.15) is 38.8 Å². The Kier molecular flexibility index (Phi) is 8.04. The molecule has 0 radical (unpaired) electrons. The summed E-state index contributed by atoms with van der Waals surface area (Å²) in [6.45, 7) is 5.95. The second-order valence-electron chi connectivity index (χ2n) is 9.32. The number of nitrogens with zero attached hydrogens (tertiary/aromatic N) is 2. The fourth-order valence-electron chi connectivity index (χ4n) is 5.30. The zero-order valence-corrected chi connectivity index (χ0v) is 24.0. The van der Waals surface area contributed by atoms with Crippen LogP contribution in [0, 0.1) is 0 Å². The van der Waals surface area contributed by atoms with Gasteiger partial charge in [0.25, 0.3) is 5.56 Å². The largest absolute Gasteiger partial charge is 0.493 e. The average molecular weight is 561 g/mol. The van der Waals surface area contributed by atoms with Crippen molar-refractivity contribution < 1.29 is 23.7 Å². The molecule has 208 valence electrons. The molecule has 9 heteroatoms. The summed E-state index contributed by atoms with van der Waals surface area (Å²) in [5, 5.41) is 2.13. The van der Waals surface area contributed by atoms with Crippen LogP contribution in [0.3, 0.4) is 0 Å². The van der Waals surface area contributed by atoms with Crippen LogP contribution in [-0.2, 0) is 14.3 Å². The molecular formula is C31H32N2O6S. The number of rotatable bonds is 8. The van der Waals surface area contributed by atoms with Gasteiger partial charge in [0.1, 0.15) is 6.04 Å². The molecule has 40 heavy (non-hydrogen) atoms. The summed E-state index contributed by atoms with van der Waals surface area (Å²) in [4.78, 5) is 32.7. The van der Waals surface area contributed by atoms with Crippen molar-refractivity contribution in [2.45, 2.75) is 39.3 Å². The van der Waals surface area contributed by atoms with Crippen molar-refractivity contribution in [2.75, 3.05) is 27.4 Å². The van der Waals surface area contributed by atoms with Gasteiger partial charge in [-0.3, -0.25) is 9.36 Å². The van der Waals surface area contributed by atoms with Gasteiger partial charge in [0.05, 0.1) is 42.2 Å². The maximum Gasteiger partial charge on any atom is 0.338 e. The van der Waals surface area contributed by atoms with Crippen LogP contribution < -0.4 is 34.8 Å². The number of carbonyl (C=O) groups is 1. The van der Waals surface area contributed by atoms with Gasteiger partial charge in [-0.15, -0.1) is 0 Å². The average Bonchev–Trinajstić information content (AvgIpc) is 3.26. The maximum absolute atomic E-state index is 14.2. The second kappa shape index (κ2) is 11.7. The lowest BCUT2D eigenvalue weighted by Gasteiger charge is -2.26. The molecular weight excluding hydrogens is 528 g/mol. The van der Waals surface area contributed by atoms with E-state index in [0.29, 0.717) is 45.1 Å². The molecule has 1 aliphatic heterocycles. The zero-order chi connectivity index (χ0) is 28.4. The van der Waals surface area contributed by atoms with Gasteiger partial charge in [-0.1, -0.05) is 53.8 Å². The summed E-state index contributed by atoms with van der Waals surface area (Å²) in [5.41, 5.74) is 2.06. The molecule has 0 spiro atoms. The van der Waals surface area contributed by atoms with E-state index in [1.807, 2.05) is 43.3 Å². The van der Waals surface area contributed by atoms with Crippen molar-refractivity contribution in [3.8, 4) is 11.5 Å². The summed E-state index contributed by atoms with van der Waals surface area (Å²) >= 11 is 1.28. The molecule has 0 bridgehead atoms. The number of fused-ring (bicyclic) bond motifs is 2. The van der Waals surface area contributed by atoms with Gasteiger partial charge < -0.3 is 18.9 Å². The van der Waals surface area contributed by atoms with Crippen LogP contribution in [0.25, 0.3) is 17.7 Å². The molecule has 0 saturated heterocycles. The Morgan fingerprint density at radius 3 is 2.65 bits per heavy atom. The van der Waals surface area contributed by atoms with E-state index in [1.54, 1.807) is 38.7 Å². The standard InChI is InChI=1S/C31H32N2O6S/c1-6-38-28-21(13-10-14-24(28)37-5)27-26(30(35)39-7-2)18(3)32-31-33(27)29(34)25(40-31)17-22-20-12-9-8-11-19(20)15-16-23(22)36-4/h8-15,17,23,27H,6-7,16H2,1-5H3/b25-17-. The van der Waals surface area contributed by atoms with Crippen LogP contribution in [0.2, 0.25) is 0 Å². The fraction of sp³-hybridized carbons (Fsp3) is 0.323. The number of aromatic nitrogens is 1. The lowest BCUT2D eigenvalue weighted by Crippen LogP contribution is -2.40. The van der Waals surface area contributed by atoms with Crippen molar-refractivity contribution in [3.05, 3.63) is 89.4 Å². The highest BCUT2D eigenvalue weighted by molar-refractivity contribution is 7.07. The molecule has 2 atom stereocenters. The number of carbonyl (C=O) groups excluding carboxylic acids is 1. The molecule has 2 aliphatic rings. The van der Waals surface area contributed by atoms with Crippen LogP contribution in [-0.4, -0.2) is 44.1 Å². The molecule has 1 aromatic heterocycles. The normalized spacial score (nSPS) is 18.4. The van der Waals surface area contributed by atoms with E-state index >= 15 is 0 Å². The molecule has 3 aromatic rings. The third-order valence-electron chi connectivity index (χ3n) is 7.07. The van der Waals surface area contributed by atoms with Crippen molar-refractivity contribution in [3.63, 3.8) is 0 Å². The first-order valence-corrected chi connectivity index (χ1v) is 14.1. The van der Waals surface area contributed by atoms with E-state index in [0.717, 1.165) is 16.0 Å². The first-order valence-electron chi connectivity index (χ1n) is 13.2. The lowest BCUT2D eigenvalue weighted by atomic mass is 9.94. The van der Waals surface area contributed by atoms with Gasteiger partial charge in [0.15, 0.2) is 16.3 Å². The summed E-state index contributed by atoms with van der Waals surface area (Å²) in [7, 11) is 3.23. The zero-order valence-electron chi connectivity index (χ0n) is 23.2. The van der Waals surface area contributed by atoms with Gasteiger partial charge in [-0.05, 0) is 55.3 Å². The van der Waals surface area contributed by atoms with Crippen LogP contribution >= 0.6 is 11.3 Å². The van der Waals surface area contributed by atoms with E-state index in [1.165, 1.54) is 11.3 Å². The lowest BCUT2D eigenvalue weighted by molar-refractivity contribution is -0.139. The van der Waals surface area contributed by atoms with E-state index in [4.69, 9.17) is 23.9 Å². The quantitative estimate of drug-likeness (QED) is 0.393. The minimum atomic E-state index is -0.815. The van der Waals surface area contributed by atoms with Gasteiger partial charge in [0, 0.05) is 12.7 Å². The predicted octanol–water partition coefficient (Wildman–Crippen LogP) is 2.21. The van der Waals surface area contributed by atoms with Crippen molar-refractivity contribution >= 4 is 35.0 Å². The van der Waals surface area contributed by atoms with Gasteiger partial charge in [-0.2, -0.15) is 0 Å². The number of methoxy groups -OCH3 is 2. The van der Waals surface area contributed by atoms with E-state index in [2.05, 4.69) is 12.1 Å². The molecule has 0 amide bonds. The van der Waals surface area contributed by atoms with Crippen LogP contribution in [0.4, 0.5) is 0 Å². The van der Waals surface area contributed by atoms with E-state index < -0.39 is 12.0 Å². The molecule has 2 unspecified atom stereocenters. The molecule has 5 rings (SSSR count). The minimum Gasteiger partial charge on any atom is -0.493 e. The molecule has 0 saturated carbocycles. The Labute approximate surface area is 235 Å². The number of hydrogen-bond acceptors (Lipinski definition) is 8. The maximum atomic E-state index is 14.2. The first-order chi connectivity index (χ1) is 19.4. The smallest absolute Gasteiger partial charge is 0.338 e. The number of ether oxygens (including phenoxy) is 4. The van der Waals surface area contributed by atoms with E-state index in [9.17, 15) is 9.59 Å². The topological polar surface area (TPSA) is 88.4 Å². The fourth-order valence-corrected chi connectivity index (χ4v) is 6.34.